The second-order valence-corrected chi connectivity index (χ2v) is 7.78. The Hall–Kier alpha value is -0.900. The molecular formula is C17H23ClN2S. The average molecular weight is 323 g/mol. The van der Waals surface area contributed by atoms with Crippen molar-refractivity contribution in [3.63, 3.8) is 0 Å². The molecule has 0 saturated carbocycles. The molecule has 1 aromatic heterocycles. The molecule has 2 rings (SSSR count). The molecule has 0 aliphatic heterocycles. The SMILES string of the molecule is CNC(Cc1cccc(Cl)c1)Cc1nc(C(C)(C)C)cs1. The van der Waals surface area contributed by atoms with Crippen LogP contribution in [0.25, 0.3) is 0 Å². The number of nitrogens with one attached hydrogen (secondary N) is 1. The summed E-state index contributed by atoms with van der Waals surface area (Å²) in [6, 6.07) is 8.45. The Labute approximate surface area is 136 Å². The molecule has 1 unspecified atom stereocenters. The standard InChI is InChI=1S/C17H23ClN2S/c1-17(2,3)15-11-21-16(20-15)10-14(19-4)9-12-6-5-7-13(18)8-12/h5-8,11,14,19H,9-10H2,1-4H3. The van der Waals surface area contributed by atoms with Gasteiger partial charge in [0.05, 0.1) is 10.7 Å². The number of hydrogen-bond donors (Lipinski definition) is 1. The van der Waals surface area contributed by atoms with Crippen LogP contribution in [0.5, 0.6) is 0 Å². The molecule has 0 aliphatic rings. The first kappa shape index (κ1) is 16.5. The van der Waals surface area contributed by atoms with Crippen LogP contribution < -0.4 is 5.32 Å². The molecule has 2 nitrogen and oxygen atoms in total. The molecule has 4 heteroatoms. The highest BCUT2D eigenvalue weighted by molar-refractivity contribution is 7.09. The van der Waals surface area contributed by atoms with Crippen LogP contribution in [-0.4, -0.2) is 18.1 Å². The van der Waals surface area contributed by atoms with E-state index in [0.29, 0.717) is 6.04 Å². The van der Waals surface area contributed by atoms with Gasteiger partial charge < -0.3 is 5.32 Å². The fourth-order valence-electron chi connectivity index (χ4n) is 2.18. The summed E-state index contributed by atoms with van der Waals surface area (Å²) in [6.07, 6.45) is 1.91. The van der Waals surface area contributed by atoms with E-state index in [1.807, 2.05) is 25.2 Å². The van der Waals surface area contributed by atoms with E-state index < -0.39 is 0 Å². The maximum atomic E-state index is 6.05. The molecule has 1 aromatic carbocycles. The summed E-state index contributed by atoms with van der Waals surface area (Å²) in [6.45, 7) is 6.61. The van der Waals surface area contributed by atoms with Crippen LogP contribution in [0.1, 0.15) is 37.0 Å². The highest BCUT2D eigenvalue weighted by Gasteiger charge is 2.18. The lowest BCUT2D eigenvalue weighted by Crippen LogP contribution is -2.30. The van der Waals surface area contributed by atoms with Gasteiger partial charge >= 0.3 is 0 Å². The molecule has 114 valence electrons. The molecule has 21 heavy (non-hydrogen) atoms. The summed E-state index contributed by atoms with van der Waals surface area (Å²) >= 11 is 7.81. The molecule has 0 saturated heterocycles. The van der Waals surface area contributed by atoms with Crippen molar-refractivity contribution in [1.29, 1.82) is 0 Å². The summed E-state index contributed by atoms with van der Waals surface area (Å²) in [7, 11) is 2.01. The predicted molar refractivity (Wildman–Crippen MR) is 92.5 cm³/mol. The van der Waals surface area contributed by atoms with Crippen molar-refractivity contribution in [2.75, 3.05) is 7.05 Å². The summed E-state index contributed by atoms with van der Waals surface area (Å²) in [5, 5.41) is 7.57. The van der Waals surface area contributed by atoms with Crippen LogP contribution >= 0.6 is 22.9 Å². The normalized spacial score (nSPS) is 13.4. The molecule has 0 bridgehead atoms. The van der Waals surface area contributed by atoms with Crippen molar-refractivity contribution in [2.45, 2.75) is 45.1 Å². The first-order chi connectivity index (χ1) is 9.88. The second kappa shape index (κ2) is 6.91. The first-order valence-electron chi connectivity index (χ1n) is 7.25. The number of benzene rings is 1. The Bertz CT molecular complexity index is 586. The van der Waals surface area contributed by atoms with Crippen LogP contribution in [0, 0.1) is 0 Å². The number of nitrogens with zero attached hydrogens (tertiary/aromatic N) is 1. The highest BCUT2D eigenvalue weighted by Crippen LogP contribution is 2.24. The summed E-state index contributed by atoms with van der Waals surface area (Å²) < 4.78 is 0. The zero-order valence-electron chi connectivity index (χ0n) is 13.1. The molecule has 0 spiro atoms. The highest BCUT2D eigenvalue weighted by atomic mass is 35.5. The van der Waals surface area contributed by atoms with Crippen LogP contribution in [0.15, 0.2) is 29.6 Å². The number of aromatic nitrogens is 1. The monoisotopic (exact) mass is 322 g/mol. The van der Waals surface area contributed by atoms with Crippen molar-refractivity contribution in [3.8, 4) is 0 Å². The summed E-state index contributed by atoms with van der Waals surface area (Å²) in [4.78, 5) is 4.78. The summed E-state index contributed by atoms with van der Waals surface area (Å²) in [5.74, 6) is 0. The smallest absolute Gasteiger partial charge is 0.0944 e. The van der Waals surface area contributed by atoms with Gasteiger partial charge in [-0.3, -0.25) is 0 Å². The van der Waals surface area contributed by atoms with Crippen molar-refractivity contribution in [3.05, 3.63) is 50.9 Å². The quantitative estimate of drug-likeness (QED) is 0.878. The van der Waals surface area contributed by atoms with E-state index in [4.69, 9.17) is 16.6 Å². The van der Waals surface area contributed by atoms with Gasteiger partial charge in [-0.2, -0.15) is 0 Å². The van der Waals surface area contributed by atoms with Gasteiger partial charge in [0, 0.05) is 28.3 Å². The van der Waals surface area contributed by atoms with E-state index >= 15 is 0 Å². The van der Waals surface area contributed by atoms with Crippen molar-refractivity contribution in [2.24, 2.45) is 0 Å². The molecule has 2 aromatic rings. The molecular weight excluding hydrogens is 300 g/mol. The number of hydrogen-bond acceptors (Lipinski definition) is 3. The lowest BCUT2D eigenvalue weighted by molar-refractivity contribution is 0.544. The Morgan fingerprint density at radius 3 is 2.62 bits per heavy atom. The third-order valence-electron chi connectivity index (χ3n) is 3.52. The summed E-state index contributed by atoms with van der Waals surface area (Å²) in [5.41, 5.74) is 2.56. The van der Waals surface area contributed by atoms with E-state index in [0.717, 1.165) is 17.9 Å². The zero-order valence-corrected chi connectivity index (χ0v) is 14.7. The largest absolute Gasteiger partial charge is 0.316 e. The van der Waals surface area contributed by atoms with Crippen LogP contribution in [-0.2, 0) is 18.3 Å². The first-order valence-corrected chi connectivity index (χ1v) is 8.51. The van der Waals surface area contributed by atoms with Gasteiger partial charge in [-0.25, -0.2) is 4.98 Å². The second-order valence-electron chi connectivity index (χ2n) is 6.40. The van der Waals surface area contributed by atoms with E-state index in [1.54, 1.807) is 11.3 Å². The Morgan fingerprint density at radius 1 is 1.29 bits per heavy atom. The minimum atomic E-state index is 0.122. The number of likely N-dealkylation sites (N-methyl/N-ethyl adjacent to an activating group) is 1. The minimum absolute atomic E-state index is 0.122. The Kier molecular flexibility index (Phi) is 5.42. The molecule has 0 radical (unpaired) electrons. The third kappa shape index (κ3) is 4.80. The fraction of sp³-hybridized carbons (Fsp3) is 0.471. The molecule has 1 N–H and O–H groups in total. The average Bonchev–Trinajstić information content (AvgIpc) is 2.86. The third-order valence-corrected chi connectivity index (χ3v) is 4.63. The van der Waals surface area contributed by atoms with Gasteiger partial charge in [0.15, 0.2) is 0 Å². The van der Waals surface area contributed by atoms with E-state index in [1.165, 1.54) is 16.3 Å². The van der Waals surface area contributed by atoms with Gasteiger partial charge in [0.1, 0.15) is 0 Å². The predicted octanol–water partition coefficient (Wildman–Crippen LogP) is 4.47. The Balaban J connectivity index is 2.04. The van der Waals surface area contributed by atoms with Crippen molar-refractivity contribution >= 4 is 22.9 Å². The Morgan fingerprint density at radius 2 is 2.05 bits per heavy atom. The zero-order chi connectivity index (χ0) is 15.5. The number of thiazole rings is 1. The number of rotatable bonds is 5. The van der Waals surface area contributed by atoms with E-state index in [-0.39, 0.29) is 5.41 Å². The molecule has 0 fully saturated rings. The van der Waals surface area contributed by atoms with Gasteiger partial charge in [0.25, 0.3) is 0 Å². The van der Waals surface area contributed by atoms with Crippen LogP contribution in [0.4, 0.5) is 0 Å². The molecule has 0 aliphatic carbocycles. The van der Waals surface area contributed by atoms with E-state index in [9.17, 15) is 0 Å². The lowest BCUT2D eigenvalue weighted by atomic mass is 9.93. The van der Waals surface area contributed by atoms with Gasteiger partial charge in [-0.15, -0.1) is 11.3 Å². The van der Waals surface area contributed by atoms with Crippen LogP contribution in [0.2, 0.25) is 5.02 Å². The van der Waals surface area contributed by atoms with Gasteiger partial charge in [-0.05, 0) is 31.2 Å². The molecule has 1 atom stereocenters. The van der Waals surface area contributed by atoms with E-state index in [2.05, 4.69) is 37.5 Å². The minimum Gasteiger partial charge on any atom is -0.316 e. The van der Waals surface area contributed by atoms with Crippen molar-refractivity contribution in [1.82, 2.24) is 10.3 Å². The maximum Gasteiger partial charge on any atom is 0.0944 e. The maximum absolute atomic E-state index is 6.05. The van der Waals surface area contributed by atoms with Crippen LogP contribution in [0.3, 0.4) is 0 Å². The van der Waals surface area contributed by atoms with Gasteiger partial charge in [-0.1, -0.05) is 44.5 Å². The molecule has 0 amide bonds. The lowest BCUT2D eigenvalue weighted by Gasteiger charge is -2.16. The van der Waals surface area contributed by atoms with Crippen molar-refractivity contribution < 1.29 is 0 Å². The molecule has 1 heterocycles. The van der Waals surface area contributed by atoms with Gasteiger partial charge in [0.2, 0.25) is 0 Å². The topological polar surface area (TPSA) is 24.9 Å². The fourth-order valence-corrected chi connectivity index (χ4v) is 3.50. The number of halogens is 1.